The van der Waals surface area contributed by atoms with E-state index in [4.69, 9.17) is 0 Å². The number of aromatic nitrogens is 2. The summed E-state index contributed by atoms with van der Waals surface area (Å²) in [5, 5.41) is 13.6. The number of fused-ring (bicyclic) bond motifs is 2. The van der Waals surface area contributed by atoms with Crippen molar-refractivity contribution in [3.05, 3.63) is 68.6 Å². The molecule has 1 amide bonds. The van der Waals surface area contributed by atoms with Crippen LogP contribution in [-0.4, -0.2) is 15.5 Å². The molecule has 0 atom stereocenters. The Morgan fingerprint density at radius 2 is 2.00 bits per heavy atom. The molecular formula is C24H20N4O2S2. The molecule has 3 aromatic heterocycles. The summed E-state index contributed by atoms with van der Waals surface area (Å²) in [5.74, 6) is 0.162. The van der Waals surface area contributed by atoms with Crippen molar-refractivity contribution in [2.45, 2.75) is 39.2 Å². The molecule has 1 aliphatic carbocycles. The minimum absolute atomic E-state index is 0.141. The van der Waals surface area contributed by atoms with Crippen molar-refractivity contribution >= 4 is 43.8 Å². The molecule has 1 aliphatic rings. The number of nitriles is 1. The first-order valence-electron chi connectivity index (χ1n) is 10.5. The Bertz CT molecular complexity index is 1440. The summed E-state index contributed by atoms with van der Waals surface area (Å²) in [6.07, 6.45) is 4.01. The molecule has 0 unspecified atom stereocenters. The molecule has 1 aromatic carbocycles. The number of amides is 1. The third-order valence-electron chi connectivity index (χ3n) is 5.74. The normalized spacial score (nSPS) is 13.0. The zero-order valence-corrected chi connectivity index (χ0v) is 19.1. The second kappa shape index (κ2) is 8.34. The summed E-state index contributed by atoms with van der Waals surface area (Å²) in [4.78, 5) is 33.4. The van der Waals surface area contributed by atoms with Gasteiger partial charge in [0.05, 0.1) is 10.9 Å². The lowest BCUT2D eigenvalue weighted by molar-refractivity contribution is -0.116. The van der Waals surface area contributed by atoms with Crippen LogP contribution in [-0.2, 0) is 24.2 Å². The number of rotatable bonds is 4. The van der Waals surface area contributed by atoms with Gasteiger partial charge in [0.15, 0.2) is 0 Å². The number of aryl methyl sites for hydroxylation is 2. The van der Waals surface area contributed by atoms with Gasteiger partial charge in [-0.15, -0.1) is 22.7 Å². The monoisotopic (exact) mass is 460 g/mol. The predicted molar refractivity (Wildman–Crippen MR) is 128 cm³/mol. The highest BCUT2D eigenvalue weighted by Crippen LogP contribution is 2.37. The number of hydrogen-bond donors (Lipinski definition) is 1. The second-order valence-corrected chi connectivity index (χ2v) is 9.96. The SMILES string of the molecule is Cc1nc2sc(-c3ccccc3)cc2c(=O)n1CC(=O)Nc1sc2c(c1C#N)CCCC2. The number of anilines is 1. The van der Waals surface area contributed by atoms with E-state index in [1.807, 2.05) is 36.4 Å². The zero-order chi connectivity index (χ0) is 22.2. The van der Waals surface area contributed by atoms with E-state index >= 15 is 0 Å². The first kappa shape index (κ1) is 20.6. The average Bonchev–Trinajstić information content (AvgIpc) is 3.38. The summed E-state index contributed by atoms with van der Waals surface area (Å²) in [7, 11) is 0. The molecule has 4 aromatic rings. The molecule has 0 spiro atoms. The van der Waals surface area contributed by atoms with Gasteiger partial charge in [-0.25, -0.2) is 4.98 Å². The minimum Gasteiger partial charge on any atom is -0.315 e. The largest absolute Gasteiger partial charge is 0.315 e. The first-order valence-corrected chi connectivity index (χ1v) is 12.1. The van der Waals surface area contributed by atoms with Gasteiger partial charge in [0.2, 0.25) is 5.91 Å². The molecule has 5 rings (SSSR count). The molecule has 160 valence electrons. The van der Waals surface area contributed by atoms with Crippen LogP contribution in [0.25, 0.3) is 20.7 Å². The van der Waals surface area contributed by atoms with E-state index in [-0.39, 0.29) is 18.0 Å². The van der Waals surface area contributed by atoms with Crippen LogP contribution in [0.2, 0.25) is 0 Å². The lowest BCUT2D eigenvalue weighted by Gasteiger charge is -2.10. The Morgan fingerprint density at radius 1 is 1.22 bits per heavy atom. The minimum atomic E-state index is -0.329. The van der Waals surface area contributed by atoms with Crippen molar-refractivity contribution in [1.29, 1.82) is 5.26 Å². The van der Waals surface area contributed by atoms with Gasteiger partial charge < -0.3 is 5.32 Å². The number of nitrogens with one attached hydrogen (secondary N) is 1. The molecule has 0 saturated carbocycles. The maximum Gasteiger partial charge on any atom is 0.262 e. The van der Waals surface area contributed by atoms with Gasteiger partial charge in [-0.3, -0.25) is 14.2 Å². The molecule has 0 radical (unpaired) electrons. The van der Waals surface area contributed by atoms with Crippen LogP contribution < -0.4 is 10.9 Å². The number of carbonyl (C=O) groups is 1. The molecule has 3 heterocycles. The second-order valence-electron chi connectivity index (χ2n) is 7.82. The number of nitrogens with zero attached hydrogens (tertiary/aromatic N) is 3. The fourth-order valence-corrected chi connectivity index (χ4v) is 6.46. The van der Waals surface area contributed by atoms with E-state index < -0.39 is 0 Å². The highest BCUT2D eigenvalue weighted by molar-refractivity contribution is 7.21. The zero-order valence-electron chi connectivity index (χ0n) is 17.5. The van der Waals surface area contributed by atoms with Crippen LogP contribution in [0.4, 0.5) is 5.00 Å². The van der Waals surface area contributed by atoms with Gasteiger partial charge in [-0.1, -0.05) is 30.3 Å². The molecule has 1 N–H and O–H groups in total. The Balaban J connectivity index is 1.44. The van der Waals surface area contributed by atoms with E-state index in [0.29, 0.717) is 26.6 Å². The number of thiophene rings is 2. The van der Waals surface area contributed by atoms with Crippen molar-refractivity contribution in [2.75, 3.05) is 5.32 Å². The van der Waals surface area contributed by atoms with Gasteiger partial charge in [0.1, 0.15) is 28.3 Å². The smallest absolute Gasteiger partial charge is 0.262 e. The Kier molecular flexibility index (Phi) is 5.37. The summed E-state index contributed by atoms with van der Waals surface area (Å²) in [6.45, 7) is 1.60. The van der Waals surface area contributed by atoms with Crippen molar-refractivity contribution in [2.24, 2.45) is 0 Å². The van der Waals surface area contributed by atoms with E-state index in [2.05, 4.69) is 16.4 Å². The van der Waals surface area contributed by atoms with Crippen LogP contribution >= 0.6 is 22.7 Å². The lowest BCUT2D eigenvalue weighted by Crippen LogP contribution is -2.29. The summed E-state index contributed by atoms with van der Waals surface area (Å²) < 4.78 is 1.40. The number of carbonyl (C=O) groups excluding carboxylic acids is 1. The summed E-state index contributed by atoms with van der Waals surface area (Å²) in [6, 6.07) is 14.0. The predicted octanol–water partition coefficient (Wildman–Crippen LogP) is 4.88. The Hall–Kier alpha value is -3.28. The highest BCUT2D eigenvalue weighted by Gasteiger charge is 2.22. The lowest BCUT2D eigenvalue weighted by atomic mass is 9.96. The molecule has 0 bridgehead atoms. The van der Waals surface area contributed by atoms with Crippen molar-refractivity contribution < 1.29 is 4.79 Å². The quantitative estimate of drug-likeness (QED) is 0.470. The van der Waals surface area contributed by atoms with Gasteiger partial charge in [0.25, 0.3) is 5.56 Å². The fourth-order valence-electron chi connectivity index (χ4n) is 4.13. The molecule has 0 fully saturated rings. The van der Waals surface area contributed by atoms with Crippen LogP contribution in [0.3, 0.4) is 0 Å². The van der Waals surface area contributed by atoms with Crippen LogP contribution in [0.15, 0.2) is 41.2 Å². The van der Waals surface area contributed by atoms with Crippen LogP contribution in [0, 0.1) is 18.3 Å². The standard InChI is InChI=1S/C24H20N4O2S2/c1-14-26-22-17(11-20(32-22)15-7-3-2-4-8-15)24(30)28(14)13-21(29)27-23-18(12-25)16-9-5-6-10-19(16)31-23/h2-4,7-8,11H,5-6,9-10,13H2,1H3,(H,27,29). The average molecular weight is 461 g/mol. The van der Waals surface area contributed by atoms with Crippen LogP contribution in [0.5, 0.6) is 0 Å². The summed E-state index contributed by atoms with van der Waals surface area (Å²) >= 11 is 2.95. The van der Waals surface area contributed by atoms with Gasteiger partial charge in [-0.05, 0) is 49.8 Å². The topological polar surface area (TPSA) is 87.8 Å². The van der Waals surface area contributed by atoms with Crippen molar-refractivity contribution in [3.63, 3.8) is 0 Å². The molecule has 0 aliphatic heterocycles. The van der Waals surface area contributed by atoms with Crippen molar-refractivity contribution in [3.8, 4) is 16.5 Å². The van der Waals surface area contributed by atoms with E-state index in [9.17, 15) is 14.9 Å². The number of benzene rings is 1. The Labute approximate surface area is 192 Å². The first-order chi connectivity index (χ1) is 15.5. The van der Waals surface area contributed by atoms with E-state index in [1.54, 1.807) is 6.92 Å². The van der Waals surface area contributed by atoms with Crippen LogP contribution in [0.1, 0.15) is 34.7 Å². The molecular weight excluding hydrogens is 440 g/mol. The Morgan fingerprint density at radius 3 is 2.78 bits per heavy atom. The molecule has 8 heteroatoms. The molecule has 0 saturated heterocycles. The third-order valence-corrected chi connectivity index (χ3v) is 8.02. The number of hydrogen-bond acceptors (Lipinski definition) is 6. The summed E-state index contributed by atoms with van der Waals surface area (Å²) in [5.41, 5.74) is 2.44. The molecule has 6 nitrogen and oxygen atoms in total. The van der Waals surface area contributed by atoms with Gasteiger partial charge in [-0.2, -0.15) is 5.26 Å². The maximum absolute atomic E-state index is 13.2. The van der Waals surface area contributed by atoms with Gasteiger partial charge in [0, 0.05) is 9.75 Å². The van der Waals surface area contributed by atoms with Gasteiger partial charge >= 0.3 is 0 Å². The fraction of sp³-hybridized carbons (Fsp3) is 0.250. The van der Waals surface area contributed by atoms with E-state index in [0.717, 1.165) is 41.7 Å². The van der Waals surface area contributed by atoms with Crippen molar-refractivity contribution in [1.82, 2.24) is 9.55 Å². The highest BCUT2D eigenvalue weighted by atomic mass is 32.1. The molecule has 32 heavy (non-hydrogen) atoms. The van der Waals surface area contributed by atoms with E-state index in [1.165, 1.54) is 32.1 Å². The third kappa shape index (κ3) is 3.64. The maximum atomic E-state index is 13.2.